The summed E-state index contributed by atoms with van der Waals surface area (Å²) in [5.41, 5.74) is 0.324. The highest BCUT2D eigenvalue weighted by molar-refractivity contribution is 7.89. The van der Waals surface area contributed by atoms with Gasteiger partial charge in [0.15, 0.2) is 5.69 Å². The van der Waals surface area contributed by atoms with E-state index in [-0.39, 0.29) is 42.3 Å². The molecule has 1 aliphatic carbocycles. The Kier molecular flexibility index (Phi) is 6.79. The lowest BCUT2D eigenvalue weighted by atomic mass is 9.99. The number of fused-ring (bicyclic) bond motifs is 2. The van der Waals surface area contributed by atoms with Gasteiger partial charge in [0.05, 0.1) is 5.75 Å². The minimum absolute atomic E-state index is 0.0250. The number of rotatable bonds is 9. The van der Waals surface area contributed by atoms with Crippen molar-refractivity contribution in [1.29, 1.82) is 0 Å². The molecule has 1 amide bonds. The number of nitrogens with zero attached hydrogens (tertiary/aromatic N) is 3. The summed E-state index contributed by atoms with van der Waals surface area (Å²) >= 11 is 0. The topological polar surface area (TPSA) is 116 Å². The molecule has 184 valence electrons. The van der Waals surface area contributed by atoms with Crippen LogP contribution < -0.4 is 5.32 Å². The molecule has 0 radical (unpaired) electrons. The third kappa shape index (κ3) is 5.28. The Morgan fingerprint density at radius 2 is 1.82 bits per heavy atom. The van der Waals surface area contributed by atoms with Crippen LogP contribution in [0.1, 0.15) is 80.0 Å². The quantitative estimate of drug-likeness (QED) is 0.553. The van der Waals surface area contributed by atoms with E-state index >= 15 is 0 Å². The largest absolute Gasteiger partial charge is 0.396 e. The van der Waals surface area contributed by atoms with E-state index in [0.717, 1.165) is 70.3 Å². The Hall–Kier alpha value is -1.49. The van der Waals surface area contributed by atoms with Crippen molar-refractivity contribution in [3.63, 3.8) is 0 Å². The summed E-state index contributed by atoms with van der Waals surface area (Å²) in [7, 11) is -3.32. The molecule has 3 aliphatic heterocycles. The molecule has 5 rings (SSSR count). The van der Waals surface area contributed by atoms with Gasteiger partial charge in [0.2, 0.25) is 10.0 Å². The van der Waals surface area contributed by atoms with Gasteiger partial charge in [-0.05, 0) is 76.8 Å². The third-order valence-electron chi connectivity index (χ3n) is 7.85. The minimum atomic E-state index is -3.32. The zero-order chi connectivity index (χ0) is 23.0. The molecule has 4 aliphatic rings. The summed E-state index contributed by atoms with van der Waals surface area (Å²) in [5.74, 6) is 1.41. The Bertz CT molecular complexity index is 924. The van der Waals surface area contributed by atoms with E-state index in [2.05, 4.69) is 15.4 Å². The number of aliphatic hydroxyl groups is 1. The van der Waals surface area contributed by atoms with Crippen LogP contribution in [0.4, 0.5) is 0 Å². The zero-order valence-corrected chi connectivity index (χ0v) is 20.0. The molecule has 1 saturated carbocycles. The second-order valence-electron chi connectivity index (χ2n) is 10.4. The summed E-state index contributed by atoms with van der Waals surface area (Å²) in [6.07, 6.45) is 7.81. The first-order chi connectivity index (χ1) is 15.9. The molecule has 4 fully saturated rings. The Morgan fingerprint density at radius 3 is 2.45 bits per heavy atom. The maximum absolute atomic E-state index is 13.4. The van der Waals surface area contributed by atoms with Gasteiger partial charge in [-0.2, -0.15) is 4.31 Å². The molecule has 2 bridgehead atoms. The lowest BCUT2D eigenvalue weighted by molar-refractivity contribution is 0.0900. The number of carbonyl (C=O) groups excluding carboxylic acids is 1. The number of carbonyl (C=O) groups is 1. The van der Waals surface area contributed by atoms with E-state index in [4.69, 9.17) is 9.63 Å². The Labute approximate surface area is 195 Å². The standard InChI is InChI=1S/C23H36N4O5S/c28-11-1-8-26-9-6-16(7-10-26)15-33(30,31)27-19-4-5-20(27)13-18(12-19)24-23(29)21-14-22(32-25-21)17-2-3-17/h14,16-20,28H,1-13,15H2,(H,24,29)/t18?,19-,20+. The number of hydrogen-bond acceptors (Lipinski definition) is 7. The van der Waals surface area contributed by atoms with Crippen LogP contribution in [0.15, 0.2) is 10.6 Å². The van der Waals surface area contributed by atoms with Crippen molar-refractivity contribution < 1.29 is 22.8 Å². The van der Waals surface area contributed by atoms with Gasteiger partial charge in [0.1, 0.15) is 5.76 Å². The summed E-state index contributed by atoms with van der Waals surface area (Å²) in [5, 5.41) is 16.0. The number of aromatic nitrogens is 1. The number of likely N-dealkylation sites (tertiary alicyclic amines) is 1. The van der Waals surface area contributed by atoms with E-state index in [1.165, 1.54) is 0 Å². The SMILES string of the molecule is O=C(NC1C[C@H]2CC[C@@H](C1)N2S(=O)(=O)CC1CCN(CCCO)CC1)c1cc(C2CC2)on1. The predicted molar refractivity (Wildman–Crippen MR) is 122 cm³/mol. The van der Waals surface area contributed by atoms with E-state index in [1.54, 1.807) is 10.4 Å². The molecule has 3 atom stereocenters. The normalized spacial score (nSPS) is 29.4. The van der Waals surface area contributed by atoms with Gasteiger partial charge in [-0.15, -0.1) is 0 Å². The van der Waals surface area contributed by atoms with Crippen LogP contribution in [-0.2, 0) is 10.0 Å². The van der Waals surface area contributed by atoms with Crippen molar-refractivity contribution in [2.24, 2.45) is 5.92 Å². The number of sulfonamides is 1. The van der Waals surface area contributed by atoms with Crippen molar-refractivity contribution in [1.82, 2.24) is 19.7 Å². The van der Waals surface area contributed by atoms with E-state index in [9.17, 15) is 13.2 Å². The first-order valence-corrected chi connectivity index (χ1v) is 14.2. The van der Waals surface area contributed by atoms with Gasteiger partial charge in [0, 0.05) is 43.3 Å². The highest BCUT2D eigenvalue weighted by Crippen LogP contribution is 2.41. The van der Waals surface area contributed by atoms with Crippen molar-refractivity contribution in [2.45, 2.75) is 81.8 Å². The molecule has 9 nitrogen and oxygen atoms in total. The minimum Gasteiger partial charge on any atom is -0.396 e. The first kappa shape index (κ1) is 23.3. The van der Waals surface area contributed by atoms with Crippen molar-refractivity contribution in [3.05, 3.63) is 17.5 Å². The summed E-state index contributed by atoms with van der Waals surface area (Å²) in [6, 6.07) is 1.67. The van der Waals surface area contributed by atoms with Gasteiger partial charge in [0.25, 0.3) is 5.91 Å². The van der Waals surface area contributed by atoms with E-state index < -0.39 is 10.0 Å². The smallest absolute Gasteiger partial charge is 0.273 e. The van der Waals surface area contributed by atoms with Crippen molar-refractivity contribution >= 4 is 15.9 Å². The van der Waals surface area contributed by atoms with Crippen LogP contribution in [0.25, 0.3) is 0 Å². The van der Waals surface area contributed by atoms with Gasteiger partial charge >= 0.3 is 0 Å². The highest BCUT2D eigenvalue weighted by atomic mass is 32.2. The average Bonchev–Trinajstić information content (AvgIpc) is 3.44. The van der Waals surface area contributed by atoms with E-state index in [0.29, 0.717) is 24.5 Å². The number of hydrogen-bond donors (Lipinski definition) is 2. The van der Waals surface area contributed by atoms with Gasteiger partial charge in [-0.3, -0.25) is 4.79 Å². The van der Waals surface area contributed by atoms with Crippen LogP contribution in [0.3, 0.4) is 0 Å². The van der Waals surface area contributed by atoms with Crippen LogP contribution >= 0.6 is 0 Å². The fourth-order valence-electron chi connectivity index (χ4n) is 5.98. The second-order valence-corrected chi connectivity index (χ2v) is 12.3. The third-order valence-corrected chi connectivity index (χ3v) is 9.98. The molecule has 4 heterocycles. The fraction of sp³-hybridized carbons (Fsp3) is 0.826. The van der Waals surface area contributed by atoms with Gasteiger partial charge in [-0.25, -0.2) is 8.42 Å². The van der Waals surface area contributed by atoms with Crippen LogP contribution in [0, 0.1) is 5.92 Å². The molecule has 1 aromatic rings. The number of aliphatic hydroxyl groups excluding tert-OH is 1. The highest BCUT2D eigenvalue weighted by Gasteiger charge is 2.47. The van der Waals surface area contributed by atoms with Crippen LogP contribution in [-0.4, -0.2) is 83.9 Å². The first-order valence-electron chi connectivity index (χ1n) is 12.5. The lowest BCUT2D eigenvalue weighted by Gasteiger charge is -2.39. The molecule has 0 spiro atoms. The lowest BCUT2D eigenvalue weighted by Crippen LogP contribution is -2.53. The van der Waals surface area contributed by atoms with Crippen LogP contribution in [0.2, 0.25) is 0 Å². The molecular weight excluding hydrogens is 444 g/mol. The molecule has 0 aromatic carbocycles. The number of nitrogens with one attached hydrogen (secondary N) is 1. The molecule has 1 aromatic heterocycles. The summed E-state index contributed by atoms with van der Waals surface area (Å²) in [4.78, 5) is 15.0. The number of amides is 1. The fourth-order valence-corrected chi connectivity index (χ4v) is 8.37. The van der Waals surface area contributed by atoms with Crippen molar-refractivity contribution in [2.75, 3.05) is 32.0 Å². The monoisotopic (exact) mass is 480 g/mol. The van der Waals surface area contributed by atoms with Gasteiger partial charge in [-0.1, -0.05) is 5.16 Å². The molecule has 33 heavy (non-hydrogen) atoms. The Morgan fingerprint density at radius 1 is 1.12 bits per heavy atom. The predicted octanol–water partition coefficient (Wildman–Crippen LogP) is 1.70. The Balaban J connectivity index is 1.14. The second kappa shape index (κ2) is 9.64. The van der Waals surface area contributed by atoms with Crippen LogP contribution in [0.5, 0.6) is 0 Å². The zero-order valence-electron chi connectivity index (χ0n) is 19.2. The summed E-state index contributed by atoms with van der Waals surface area (Å²) < 4.78 is 33.8. The number of piperidine rings is 2. The summed E-state index contributed by atoms with van der Waals surface area (Å²) in [6.45, 7) is 2.90. The average molecular weight is 481 g/mol. The maximum atomic E-state index is 13.4. The molecule has 2 N–H and O–H groups in total. The molecule has 10 heteroatoms. The molecule has 1 unspecified atom stereocenters. The molecular formula is C23H36N4O5S. The van der Waals surface area contributed by atoms with E-state index in [1.807, 2.05) is 0 Å². The maximum Gasteiger partial charge on any atom is 0.273 e. The molecule has 3 saturated heterocycles. The van der Waals surface area contributed by atoms with Gasteiger partial charge < -0.3 is 19.8 Å². The van der Waals surface area contributed by atoms with Crippen molar-refractivity contribution in [3.8, 4) is 0 Å².